The van der Waals surface area contributed by atoms with Crippen molar-refractivity contribution in [2.24, 2.45) is 4.99 Å². The molecule has 0 amide bonds. The van der Waals surface area contributed by atoms with E-state index < -0.39 is 0 Å². The lowest BCUT2D eigenvalue weighted by Crippen LogP contribution is -1.94. The minimum atomic E-state index is 0.996. The summed E-state index contributed by atoms with van der Waals surface area (Å²) >= 11 is 0. The van der Waals surface area contributed by atoms with Crippen LogP contribution in [0, 0.1) is 0 Å². The van der Waals surface area contributed by atoms with Gasteiger partial charge in [0, 0.05) is 19.2 Å². The highest BCUT2D eigenvalue weighted by atomic mass is 14.7. The van der Waals surface area contributed by atoms with Gasteiger partial charge in [0.2, 0.25) is 0 Å². The van der Waals surface area contributed by atoms with E-state index in [1.807, 2.05) is 13.1 Å². The van der Waals surface area contributed by atoms with Crippen LogP contribution in [0.1, 0.15) is 33.1 Å². The Balaban J connectivity index is 4.13. The SMILES string of the molecule is C=C/C=C(\CCC)C/C(C)=N/C. The monoisotopic (exact) mass is 165 g/mol. The van der Waals surface area contributed by atoms with Crippen molar-refractivity contribution >= 4 is 5.71 Å². The number of rotatable bonds is 5. The van der Waals surface area contributed by atoms with Crippen molar-refractivity contribution in [2.45, 2.75) is 33.1 Å². The predicted molar refractivity (Wildman–Crippen MR) is 56.8 cm³/mol. The molecule has 0 aliphatic rings. The van der Waals surface area contributed by atoms with Gasteiger partial charge in [-0.3, -0.25) is 4.99 Å². The van der Waals surface area contributed by atoms with Gasteiger partial charge in [0.25, 0.3) is 0 Å². The summed E-state index contributed by atoms with van der Waals surface area (Å²) in [6.45, 7) is 7.95. The first kappa shape index (κ1) is 11.2. The molecule has 1 heteroatoms. The Bertz CT molecular complexity index is 187. The van der Waals surface area contributed by atoms with Gasteiger partial charge in [0.05, 0.1) is 0 Å². The number of hydrogen-bond acceptors (Lipinski definition) is 1. The Kier molecular flexibility index (Phi) is 6.35. The second-order valence-corrected chi connectivity index (χ2v) is 2.95. The average molecular weight is 165 g/mol. The third-order valence-corrected chi connectivity index (χ3v) is 1.79. The molecule has 68 valence electrons. The zero-order chi connectivity index (χ0) is 9.40. The molecule has 0 aromatic heterocycles. The fourth-order valence-corrected chi connectivity index (χ4v) is 1.13. The van der Waals surface area contributed by atoms with Crippen LogP contribution in [0.2, 0.25) is 0 Å². The topological polar surface area (TPSA) is 12.4 Å². The van der Waals surface area contributed by atoms with Crippen molar-refractivity contribution in [3.05, 3.63) is 24.3 Å². The zero-order valence-corrected chi connectivity index (χ0v) is 8.43. The lowest BCUT2D eigenvalue weighted by atomic mass is 10.0. The molecule has 0 rings (SSSR count). The molecule has 0 fully saturated rings. The molecule has 0 bridgehead atoms. The van der Waals surface area contributed by atoms with E-state index in [1.54, 1.807) is 0 Å². The molecule has 0 atom stereocenters. The van der Waals surface area contributed by atoms with E-state index in [9.17, 15) is 0 Å². The highest BCUT2D eigenvalue weighted by molar-refractivity contribution is 5.84. The first-order chi connectivity index (χ1) is 5.74. The largest absolute Gasteiger partial charge is 0.297 e. The highest BCUT2D eigenvalue weighted by Gasteiger charge is 1.96. The van der Waals surface area contributed by atoms with Crippen LogP contribution in [0.5, 0.6) is 0 Å². The molecule has 0 aromatic carbocycles. The van der Waals surface area contributed by atoms with Crippen LogP contribution in [0.4, 0.5) is 0 Å². The van der Waals surface area contributed by atoms with Crippen molar-refractivity contribution in [1.29, 1.82) is 0 Å². The Morgan fingerprint density at radius 1 is 1.50 bits per heavy atom. The van der Waals surface area contributed by atoms with Crippen LogP contribution in [-0.2, 0) is 0 Å². The van der Waals surface area contributed by atoms with Gasteiger partial charge in [-0.15, -0.1) is 0 Å². The number of hydrogen-bond donors (Lipinski definition) is 0. The summed E-state index contributed by atoms with van der Waals surface area (Å²) in [5.41, 5.74) is 2.62. The quantitative estimate of drug-likeness (QED) is 0.437. The summed E-state index contributed by atoms with van der Waals surface area (Å²) in [7, 11) is 1.84. The van der Waals surface area contributed by atoms with Gasteiger partial charge < -0.3 is 0 Å². The number of nitrogens with zero attached hydrogens (tertiary/aromatic N) is 1. The molecule has 0 aromatic rings. The fraction of sp³-hybridized carbons (Fsp3) is 0.545. The summed E-state index contributed by atoms with van der Waals surface area (Å²) in [4.78, 5) is 4.13. The lowest BCUT2D eigenvalue weighted by Gasteiger charge is -2.03. The molecule has 1 nitrogen and oxygen atoms in total. The van der Waals surface area contributed by atoms with Crippen LogP contribution in [0.25, 0.3) is 0 Å². The van der Waals surface area contributed by atoms with Gasteiger partial charge in [-0.1, -0.05) is 37.6 Å². The van der Waals surface area contributed by atoms with Crippen LogP contribution >= 0.6 is 0 Å². The third kappa shape index (κ3) is 4.89. The normalized spacial score (nSPS) is 13.2. The van der Waals surface area contributed by atoms with E-state index in [1.165, 1.54) is 17.7 Å². The fourth-order valence-electron chi connectivity index (χ4n) is 1.13. The molecule has 0 saturated carbocycles. The van der Waals surface area contributed by atoms with E-state index in [2.05, 4.69) is 31.5 Å². The van der Waals surface area contributed by atoms with Crippen LogP contribution in [0.3, 0.4) is 0 Å². The standard InChI is InChI=1S/C11H19N/c1-5-7-11(8-6-2)9-10(3)12-4/h5,7H,1,6,8-9H2,2-4H3/b11-7+,12-10+. The van der Waals surface area contributed by atoms with Crippen LogP contribution < -0.4 is 0 Å². The minimum Gasteiger partial charge on any atom is -0.297 e. The first-order valence-corrected chi connectivity index (χ1v) is 4.47. The van der Waals surface area contributed by atoms with Crippen molar-refractivity contribution in [3.8, 4) is 0 Å². The van der Waals surface area contributed by atoms with Gasteiger partial charge in [-0.25, -0.2) is 0 Å². The Labute approximate surface area is 75.9 Å². The second-order valence-electron chi connectivity index (χ2n) is 2.95. The minimum absolute atomic E-state index is 0.996. The molecule has 0 N–H and O–H groups in total. The molecule has 0 aliphatic heterocycles. The van der Waals surface area contributed by atoms with Crippen molar-refractivity contribution < 1.29 is 0 Å². The highest BCUT2D eigenvalue weighted by Crippen LogP contribution is 2.10. The molecular formula is C11H19N. The maximum Gasteiger partial charge on any atom is 0.0276 e. The average Bonchev–Trinajstić information content (AvgIpc) is 2.05. The zero-order valence-electron chi connectivity index (χ0n) is 8.43. The predicted octanol–water partition coefficient (Wildman–Crippen LogP) is 3.38. The van der Waals surface area contributed by atoms with Gasteiger partial charge in [0.15, 0.2) is 0 Å². The molecular weight excluding hydrogens is 146 g/mol. The number of aliphatic imine (C=N–C) groups is 1. The Hall–Kier alpha value is -0.850. The summed E-state index contributed by atoms with van der Waals surface area (Å²) in [5, 5.41) is 0. The molecule has 0 saturated heterocycles. The molecule has 0 unspecified atom stereocenters. The maximum atomic E-state index is 4.13. The Morgan fingerprint density at radius 3 is 2.58 bits per heavy atom. The van der Waals surface area contributed by atoms with E-state index >= 15 is 0 Å². The molecule has 0 heterocycles. The van der Waals surface area contributed by atoms with Gasteiger partial charge >= 0.3 is 0 Å². The molecule has 0 radical (unpaired) electrons. The van der Waals surface area contributed by atoms with Gasteiger partial charge in [0.1, 0.15) is 0 Å². The summed E-state index contributed by atoms with van der Waals surface area (Å²) in [6, 6.07) is 0. The van der Waals surface area contributed by atoms with E-state index in [0.29, 0.717) is 0 Å². The van der Waals surface area contributed by atoms with E-state index in [0.717, 1.165) is 12.8 Å². The third-order valence-electron chi connectivity index (χ3n) is 1.79. The summed E-state index contributed by atoms with van der Waals surface area (Å²) in [5.74, 6) is 0. The van der Waals surface area contributed by atoms with Crippen LogP contribution in [-0.4, -0.2) is 12.8 Å². The van der Waals surface area contributed by atoms with Crippen LogP contribution in [0.15, 0.2) is 29.3 Å². The van der Waals surface area contributed by atoms with Crippen molar-refractivity contribution in [2.75, 3.05) is 7.05 Å². The molecule has 0 spiro atoms. The summed E-state index contributed by atoms with van der Waals surface area (Å²) < 4.78 is 0. The molecule has 12 heavy (non-hydrogen) atoms. The first-order valence-electron chi connectivity index (χ1n) is 4.47. The van der Waals surface area contributed by atoms with E-state index in [4.69, 9.17) is 0 Å². The lowest BCUT2D eigenvalue weighted by molar-refractivity contribution is 0.887. The second kappa shape index (κ2) is 6.84. The van der Waals surface area contributed by atoms with Crippen molar-refractivity contribution in [1.82, 2.24) is 0 Å². The molecule has 0 aliphatic carbocycles. The van der Waals surface area contributed by atoms with E-state index in [-0.39, 0.29) is 0 Å². The smallest absolute Gasteiger partial charge is 0.0276 e. The summed E-state index contributed by atoms with van der Waals surface area (Å²) in [6.07, 6.45) is 7.29. The van der Waals surface area contributed by atoms with Gasteiger partial charge in [-0.2, -0.15) is 0 Å². The number of allylic oxidation sites excluding steroid dienone is 3. The Morgan fingerprint density at radius 2 is 2.17 bits per heavy atom. The van der Waals surface area contributed by atoms with Gasteiger partial charge in [-0.05, 0) is 13.3 Å². The maximum absolute atomic E-state index is 4.13. The van der Waals surface area contributed by atoms with Crippen molar-refractivity contribution in [3.63, 3.8) is 0 Å².